The zero-order chi connectivity index (χ0) is 17.1. The smallest absolute Gasteiger partial charge is 0.258 e. The SMILES string of the molecule is Cc1cccc(-n2nnnc2S[C@H](C)c2cccc([N+](=O)[O-])c2)c1. The second-order valence-corrected chi connectivity index (χ2v) is 6.63. The van der Waals surface area contributed by atoms with Gasteiger partial charge in [0.1, 0.15) is 0 Å². The van der Waals surface area contributed by atoms with Gasteiger partial charge in [-0.3, -0.25) is 10.1 Å². The van der Waals surface area contributed by atoms with E-state index in [0.29, 0.717) is 5.16 Å². The molecule has 0 saturated heterocycles. The first-order valence-electron chi connectivity index (χ1n) is 7.31. The van der Waals surface area contributed by atoms with Gasteiger partial charge in [0.2, 0.25) is 5.16 Å². The topological polar surface area (TPSA) is 86.7 Å². The summed E-state index contributed by atoms with van der Waals surface area (Å²) < 4.78 is 1.67. The molecular formula is C16H15N5O2S. The molecule has 3 rings (SSSR count). The number of nitro benzene ring substituents is 1. The average Bonchev–Trinajstić information content (AvgIpc) is 3.03. The zero-order valence-corrected chi connectivity index (χ0v) is 14.0. The van der Waals surface area contributed by atoms with Crippen LogP contribution < -0.4 is 0 Å². The van der Waals surface area contributed by atoms with Crippen LogP contribution in [0.3, 0.4) is 0 Å². The number of rotatable bonds is 5. The Morgan fingerprint density at radius 2 is 2.00 bits per heavy atom. The van der Waals surface area contributed by atoms with E-state index in [1.54, 1.807) is 16.8 Å². The highest BCUT2D eigenvalue weighted by atomic mass is 32.2. The van der Waals surface area contributed by atoms with Crippen molar-refractivity contribution in [3.8, 4) is 5.69 Å². The van der Waals surface area contributed by atoms with Gasteiger partial charge in [0.25, 0.3) is 5.69 Å². The fourth-order valence-electron chi connectivity index (χ4n) is 2.29. The summed E-state index contributed by atoms with van der Waals surface area (Å²) >= 11 is 1.46. The molecule has 0 N–H and O–H groups in total. The van der Waals surface area contributed by atoms with Crippen molar-refractivity contribution in [2.24, 2.45) is 0 Å². The normalized spacial score (nSPS) is 12.1. The molecule has 0 aliphatic carbocycles. The van der Waals surface area contributed by atoms with Crippen LogP contribution in [0.2, 0.25) is 0 Å². The molecule has 0 amide bonds. The minimum atomic E-state index is -0.391. The van der Waals surface area contributed by atoms with E-state index in [-0.39, 0.29) is 10.9 Å². The largest absolute Gasteiger partial charge is 0.269 e. The lowest BCUT2D eigenvalue weighted by atomic mass is 10.1. The van der Waals surface area contributed by atoms with Crippen molar-refractivity contribution in [2.45, 2.75) is 24.3 Å². The molecule has 0 fully saturated rings. The standard InChI is InChI=1S/C16H15N5O2S/c1-11-5-3-7-14(9-11)20-16(17-18-19-20)24-12(2)13-6-4-8-15(10-13)21(22)23/h3-10,12H,1-2H3/t12-/m1/s1. The van der Waals surface area contributed by atoms with E-state index in [4.69, 9.17) is 0 Å². The lowest BCUT2D eigenvalue weighted by Crippen LogP contribution is -2.01. The van der Waals surface area contributed by atoms with Gasteiger partial charge in [0.05, 0.1) is 10.6 Å². The minimum Gasteiger partial charge on any atom is -0.258 e. The van der Waals surface area contributed by atoms with E-state index in [9.17, 15) is 10.1 Å². The highest BCUT2D eigenvalue weighted by molar-refractivity contribution is 7.99. The summed E-state index contributed by atoms with van der Waals surface area (Å²) in [7, 11) is 0. The summed E-state index contributed by atoms with van der Waals surface area (Å²) in [4.78, 5) is 10.5. The van der Waals surface area contributed by atoms with Crippen molar-refractivity contribution in [3.05, 3.63) is 69.8 Å². The monoisotopic (exact) mass is 341 g/mol. The molecule has 0 aliphatic rings. The third-order valence-corrected chi connectivity index (χ3v) is 4.61. The van der Waals surface area contributed by atoms with E-state index in [1.165, 1.54) is 17.8 Å². The molecule has 1 atom stereocenters. The second kappa shape index (κ2) is 6.79. The zero-order valence-electron chi connectivity index (χ0n) is 13.2. The molecule has 24 heavy (non-hydrogen) atoms. The quantitative estimate of drug-likeness (QED) is 0.399. The highest BCUT2D eigenvalue weighted by Gasteiger charge is 2.16. The maximum Gasteiger partial charge on any atom is 0.269 e. The Morgan fingerprint density at radius 3 is 2.75 bits per heavy atom. The molecule has 0 radical (unpaired) electrons. The van der Waals surface area contributed by atoms with Crippen LogP contribution in [0.1, 0.15) is 23.3 Å². The summed E-state index contributed by atoms with van der Waals surface area (Å²) in [6, 6.07) is 14.5. The van der Waals surface area contributed by atoms with Crippen LogP contribution in [-0.4, -0.2) is 25.1 Å². The number of thioether (sulfide) groups is 1. The summed E-state index contributed by atoms with van der Waals surface area (Å²) in [5, 5.41) is 23.4. The first-order valence-corrected chi connectivity index (χ1v) is 8.19. The Bertz CT molecular complexity index is 880. The Kier molecular flexibility index (Phi) is 4.57. The van der Waals surface area contributed by atoms with Crippen LogP contribution >= 0.6 is 11.8 Å². The van der Waals surface area contributed by atoms with Gasteiger partial charge in [-0.15, -0.1) is 5.10 Å². The molecule has 122 valence electrons. The van der Waals surface area contributed by atoms with Crippen molar-refractivity contribution in [2.75, 3.05) is 0 Å². The summed E-state index contributed by atoms with van der Waals surface area (Å²) in [5.74, 6) is 0. The maximum atomic E-state index is 10.9. The fourth-order valence-corrected chi connectivity index (χ4v) is 3.22. The number of benzene rings is 2. The Morgan fingerprint density at radius 1 is 1.21 bits per heavy atom. The lowest BCUT2D eigenvalue weighted by molar-refractivity contribution is -0.384. The molecule has 0 saturated carbocycles. The molecule has 0 aliphatic heterocycles. The van der Waals surface area contributed by atoms with Gasteiger partial charge in [0, 0.05) is 17.4 Å². The molecule has 1 aromatic heterocycles. The van der Waals surface area contributed by atoms with Crippen LogP contribution in [0, 0.1) is 17.0 Å². The van der Waals surface area contributed by atoms with Crippen molar-refractivity contribution in [1.82, 2.24) is 20.2 Å². The molecule has 7 nitrogen and oxygen atoms in total. The Balaban J connectivity index is 1.86. The van der Waals surface area contributed by atoms with Gasteiger partial charge in [-0.1, -0.05) is 36.0 Å². The fraction of sp³-hybridized carbons (Fsp3) is 0.188. The summed E-state index contributed by atoms with van der Waals surface area (Å²) in [6.45, 7) is 3.98. The van der Waals surface area contributed by atoms with Crippen LogP contribution in [0.25, 0.3) is 5.69 Å². The van der Waals surface area contributed by atoms with Gasteiger partial charge in [0.15, 0.2) is 0 Å². The maximum absolute atomic E-state index is 10.9. The van der Waals surface area contributed by atoms with Crippen LogP contribution in [0.4, 0.5) is 5.69 Å². The number of aryl methyl sites for hydroxylation is 1. The predicted octanol–water partition coefficient (Wildman–Crippen LogP) is 3.73. The number of tetrazole rings is 1. The number of nitrogens with zero attached hydrogens (tertiary/aromatic N) is 5. The van der Waals surface area contributed by atoms with Crippen molar-refractivity contribution >= 4 is 17.4 Å². The summed E-state index contributed by atoms with van der Waals surface area (Å²) in [5.41, 5.74) is 2.94. The highest BCUT2D eigenvalue weighted by Crippen LogP contribution is 2.35. The van der Waals surface area contributed by atoms with Crippen molar-refractivity contribution in [3.63, 3.8) is 0 Å². The number of aromatic nitrogens is 4. The van der Waals surface area contributed by atoms with E-state index >= 15 is 0 Å². The van der Waals surface area contributed by atoms with Crippen molar-refractivity contribution < 1.29 is 4.92 Å². The molecule has 1 heterocycles. The first-order chi connectivity index (χ1) is 11.5. The lowest BCUT2D eigenvalue weighted by Gasteiger charge is -2.11. The summed E-state index contributed by atoms with van der Waals surface area (Å²) in [6.07, 6.45) is 0. The Hall–Kier alpha value is -2.74. The van der Waals surface area contributed by atoms with Gasteiger partial charge >= 0.3 is 0 Å². The third kappa shape index (κ3) is 3.43. The second-order valence-electron chi connectivity index (χ2n) is 5.32. The van der Waals surface area contributed by atoms with Gasteiger partial charge in [-0.2, -0.15) is 4.68 Å². The molecule has 0 spiro atoms. The molecule has 8 heteroatoms. The number of non-ortho nitro benzene ring substituents is 1. The van der Waals surface area contributed by atoms with E-state index < -0.39 is 4.92 Å². The number of hydrogen-bond donors (Lipinski definition) is 0. The molecule has 0 bridgehead atoms. The van der Waals surface area contributed by atoms with Gasteiger partial charge in [-0.05, 0) is 47.5 Å². The van der Waals surface area contributed by atoms with Gasteiger partial charge in [-0.25, -0.2) is 0 Å². The van der Waals surface area contributed by atoms with E-state index in [0.717, 1.165) is 16.8 Å². The average molecular weight is 341 g/mol. The number of hydrogen-bond acceptors (Lipinski definition) is 6. The molecule has 2 aromatic carbocycles. The van der Waals surface area contributed by atoms with Crippen LogP contribution in [0.5, 0.6) is 0 Å². The number of nitro groups is 1. The van der Waals surface area contributed by atoms with Crippen LogP contribution in [-0.2, 0) is 0 Å². The van der Waals surface area contributed by atoms with Crippen molar-refractivity contribution in [1.29, 1.82) is 0 Å². The predicted molar refractivity (Wildman–Crippen MR) is 91.3 cm³/mol. The molecular weight excluding hydrogens is 326 g/mol. The third-order valence-electron chi connectivity index (χ3n) is 3.52. The first kappa shape index (κ1) is 16.1. The van der Waals surface area contributed by atoms with E-state index in [1.807, 2.05) is 44.2 Å². The van der Waals surface area contributed by atoms with Gasteiger partial charge < -0.3 is 0 Å². The molecule has 3 aromatic rings. The van der Waals surface area contributed by atoms with E-state index in [2.05, 4.69) is 15.5 Å². The minimum absolute atomic E-state index is 0.0283. The Labute approximate surface area is 142 Å². The molecule has 0 unspecified atom stereocenters. The van der Waals surface area contributed by atoms with Crippen LogP contribution in [0.15, 0.2) is 53.7 Å².